The summed E-state index contributed by atoms with van der Waals surface area (Å²) in [5.41, 5.74) is 5.52. The third-order valence-corrected chi connectivity index (χ3v) is 4.30. The van der Waals surface area contributed by atoms with Crippen LogP contribution in [0.5, 0.6) is 0 Å². The van der Waals surface area contributed by atoms with Gasteiger partial charge in [0.2, 0.25) is 0 Å². The summed E-state index contributed by atoms with van der Waals surface area (Å²) in [5.74, 6) is 0. The van der Waals surface area contributed by atoms with Crippen LogP contribution in [0.1, 0.15) is 11.1 Å². The van der Waals surface area contributed by atoms with E-state index < -0.39 is 0 Å². The van der Waals surface area contributed by atoms with E-state index in [1.54, 1.807) is 9.13 Å². The summed E-state index contributed by atoms with van der Waals surface area (Å²) in [7, 11) is 1.82. The number of para-hydroxylation sites is 2. The number of nitrogens with zero attached hydrogens (tertiary/aromatic N) is 2. The number of hydrogen-bond donors (Lipinski definition) is 1. The highest BCUT2D eigenvalue weighted by atomic mass is 16.1. The van der Waals surface area contributed by atoms with Gasteiger partial charge in [-0.3, -0.25) is 9.13 Å². The second-order valence-electron chi connectivity index (χ2n) is 5.55. The molecule has 0 aliphatic carbocycles. The van der Waals surface area contributed by atoms with Crippen LogP contribution in [-0.2, 0) is 20.0 Å². The van der Waals surface area contributed by atoms with Gasteiger partial charge in [-0.05, 0) is 48.4 Å². The van der Waals surface area contributed by atoms with Crippen molar-refractivity contribution in [3.8, 4) is 5.69 Å². The Hall–Kier alpha value is -2.33. The molecule has 0 amide bonds. The van der Waals surface area contributed by atoms with Gasteiger partial charge in [-0.25, -0.2) is 4.79 Å². The van der Waals surface area contributed by atoms with E-state index >= 15 is 0 Å². The van der Waals surface area contributed by atoms with E-state index in [0.29, 0.717) is 0 Å². The Bertz CT molecular complexity index is 889. The minimum atomic E-state index is -0.0000753. The summed E-state index contributed by atoms with van der Waals surface area (Å²) in [4.78, 5) is 12.6. The van der Waals surface area contributed by atoms with Crippen molar-refractivity contribution in [3.05, 3.63) is 64.1 Å². The third-order valence-electron chi connectivity index (χ3n) is 4.30. The standard InChI is InChI=1S/C17H17N3O/c1-19-15-4-2-3-5-16(15)20(17(19)21)14-7-6-12-8-9-18-11-13(12)10-14/h2-7,10,18H,8-9,11H2,1H3. The number of aryl methyl sites for hydroxylation is 1. The number of aromatic nitrogens is 2. The van der Waals surface area contributed by atoms with Crippen LogP contribution in [0.2, 0.25) is 0 Å². The Balaban J connectivity index is 1.99. The molecular weight excluding hydrogens is 262 g/mol. The lowest BCUT2D eigenvalue weighted by atomic mass is 10.0. The Morgan fingerprint density at radius 2 is 1.86 bits per heavy atom. The van der Waals surface area contributed by atoms with Crippen LogP contribution in [0, 0.1) is 0 Å². The van der Waals surface area contributed by atoms with E-state index in [2.05, 4.69) is 23.5 Å². The van der Waals surface area contributed by atoms with Gasteiger partial charge in [0.15, 0.2) is 0 Å². The molecule has 0 spiro atoms. The Labute approximate surface area is 122 Å². The van der Waals surface area contributed by atoms with Gasteiger partial charge in [0.25, 0.3) is 0 Å². The number of benzene rings is 2. The quantitative estimate of drug-likeness (QED) is 0.740. The van der Waals surface area contributed by atoms with Crippen LogP contribution in [0.15, 0.2) is 47.3 Å². The maximum Gasteiger partial charge on any atom is 0.333 e. The molecule has 1 aliphatic rings. The highest BCUT2D eigenvalue weighted by molar-refractivity contribution is 5.78. The zero-order valence-corrected chi connectivity index (χ0v) is 12.0. The van der Waals surface area contributed by atoms with Gasteiger partial charge < -0.3 is 5.32 Å². The SMILES string of the molecule is Cn1c(=O)n(-c2ccc3c(c2)CNCC3)c2ccccc21. The molecule has 4 rings (SSSR count). The molecule has 0 saturated carbocycles. The molecule has 0 saturated heterocycles. The zero-order chi connectivity index (χ0) is 14.4. The molecule has 0 atom stereocenters. The van der Waals surface area contributed by atoms with Crippen LogP contribution >= 0.6 is 0 Å². The fourth-order valence-electron chi connectivity index (χ4n) is 3.15. The van der Waals surface area contributed by atoms with Gasteiger partial charge in [0.1, 0.15) is 0 Å². The molecule has 3 aromatic rings. The molecule has 2 aromatic carbocycles. The largest absolute Gasteiger partial charge is 0.333 e. The van der Waals surface area contributed by atoms with E-state index in [0.717, 1.165) is 36.2 Å². The van der Waals surface area contributed by atoms with Crippen LogP contribution in [0.25, 0.3) is 16.7 Å². The van der Waals surface area contributed by atoms with Gasteiger partial charge in [0.05, 0.1) is 16.7 Å². The van der Waals surface area contributed by atoms with Gasteiger partial charge in [-0.1, -0.05) is 18.2 Å². The molecule has 2 heterocycles. The lowest BCUT2D eigenvalue weighted by Crippen LogP contribution is -2.25. The lowest BCUT2D eigenvalue weighted by Gasteiger charge is -2.18. The molecule has 0 fully saturated rings. The van der Waals surface area contributed by atoms with Crippen molar-refractivity contribution in [1.29, 1.82) is 0 Å². The first-order valence-corrected chi connectivity index (χ1v) is 7.25. The summed E-state index contributed by atoms with van der Waals surface area (Å²) in [6, 6.07) is 14.2. The van der Waals surface area contributed by atoms with Crippen LogP contribution < -0.4 is 11.0 Å². The first-order chi connectivity index (χ1) is 10.3. The fraction of sp³-hybridized carbons (Fsp3) is 0.235. The maximum atomic E-state index is 12.6. The summed E-state index contributed by atoms with van der Waals surface area (Å²) in [5, 5.41) is 3.38. The van der Waals surface area contributed by atoms with Gasteiger partial charge >= 0.3 is 5.69 Å². The average molecular weight is 279 g/mol. The minimum absolute atomic E-state index is 0.0000753. The molecule has 106 valence electrons. The Morgan fingerprint density at radius 3 is 2.71 bits per heavy atom. The van der Waals surface area contributed by atoms with Gasteiger partial charge in [-0.2, -0.15) is 0 Å². The van der Waals surface area contributed by atoms with Crippen LogP contribution in [-0.4, -0.2) is 15.7 Å². The van der Waals surface area contributed by atoms with Crippen molar-refractivity contribution in [2.45, 2.75) is 13.0 Å². The number of hydrogen-bond acceptors (Lipinski definition) is 2. The first-order valence-electron chi connectivity index (χ1n) is 7.25. The predicted molar refractivity (Wildman–Crippen MR) is 83.9 cm³/mol. The summed E-state index contributed by atoms with van der Waals surface area (Å²) < 4.78 is 3.50. The van der Waals surface area contributed by atoms with Crippen LogP contribution in [0.4, 0.5) is 0 Å². The first kappa shape index (κ1) is 12.4. The van der Waals surface area contributed by atoms with Gasteiger partial charge in [-0.15, -0.1) is 0 Å². The molecule has 1 N–H and O–H groups in total. The topological polar surface area (TPSA) is 39.0 Å². The molecule has 1 aliphatic heterocycles. The second-order valence-corrected chi connectivity index (χ2v) is 5.55. The molecule has 4 nitrogen and oxygen atoms in total. The molecule has 1 aromatic heterocycles. The smallest absolute Gasteiger partial charge is 0.312 e. The van der Waals surface area contributed by atoms with E-state index in [1.165, 1.54) is 11.1 Å². The van der Waals surface area contributed by atoms with Crippen molar-refractivity contribution in [3.63, 3.8) is 0 Å². The number of fused-ring (bicyclic) bond motifs is 2. The van der Waals surface area contributed by atoms with E-state index in [-0.39, 0.29) is 5.69 Å². The monoisotopic (exact) mass is 279 g/mol. The second kappa shape index (κ2) is 4.60. The van der Waals surface area contributed by atoms with Crippen molar-refractivity contribution in [2.75, 3.05) is 6.54 Å². The lowest BCUT2D eigenvalue weighted by molar-refractivity contribution is 0.643. The summed E-state index contributed by atoms with van der Waals surface area (Å²) in [6.07, 6.45) is 1.06. The highest BCUT2D eigenvalue weighted by Gasteiger charge is 2.14. The van der Waals surface area contributed by atoms with E-state index in [4.69, 9.17) is 0 Å². The number of rotatable bonds is 1. The molecule has 0 radical (unpaired) electrons. The van der Waals surface area contributed by atoms with Crippen molar-refractivity contribution < 1.29 is 0 Å². The third kappa shape index (κ3) is 1.83. The van der Waals surface area contributed by atoms with E-state index in [1.807, 2.05) is 31.3 Å². The Morgan fingerprint density at radius 1 is 1.05 bits per heavy atom. The normalized spacial score (nSPS) is 14.3. The predicted octanol–water partition coefficient (Wildman–Crippen LogP) is 1.97. The summed E-state index contributed by atoms with van der Waals surface area (Å²) >= 11 is 0. The van der Waals surface area contributed by atoms with Crippen molar-refractivity contribution in [1.82, 2.24) is 14.5 Å². The van der Waals surface area contributed by atoms with Crippen molar-refractivity contribution in [2.24, 2.45) is 7.05 Å². The Kier molecular flexibility index (Phi) is 2.72. The van der Waals surface area contributed by atoms with Gasteiger partial charge in [0, 0.05) is 13.6 Å². The zero-order valence-electron chi connectivity index (χ0n) is 12.0. The van der Waals surface area contributed by atoms with Crippen LogP contribution in [0.3, 0.4) is 0 Å². The van der Waals surface area contributed by atoms with Crippen molar-refractivity contribution >= 4 is 11.0 Å². The number of nitrogens with one attached hydrogen (secondary N) is 1. The minimum Gasteiger partial charge on any atom is -0.312 e. The maximum absolute atomic E-state index is 12.6. The van der Waals surface area contributed by atoms with E-state index in [9.17, 15) is 4.79 Å². The number of imidazole rings is 1. The molecular formula is C17H17N3O. The molecule has 0 bridgehead atoms. The average Bonchev–Trinajstić information content (AvgIpc) is 2.79. The highest BCUT2D eigenvalue weighted by Crippen LogP contribution is 2.21. The molecule has 0 unspecified atom stereocenters. The fourth-order valence-corrected chi connectivity index (χ4v) is 3.15. The molecule has 21 heavy (non-hydrogen) atoms. The molecule has 4 heteroatoms. The summed E-state index contributed by atoms with van der Waals surface area (Å²) in [6.45, 7) is 1.91.